The topological polar surface area (TPSA) is 46.0 Å². The molecule has 3 aromatic heterocycles. The highest BCUT2D eigenvalue weighted by Crippen LogP contribution is 2.42. The van der Waals surface area contributed by atoms with Gasteiger partial charge in [-0.2, -0.15) is 0 Å². The number of hydrogen-bond acceptors (Lipinski definition) is 3. The van der Waals surface area contributed by atoms with E-state index in [-0.39, 0.29) is 18.1 Å². The number of rotatable bonds is 4. The summed E-state index contributed by atoms with van der Waals surface area (Å²) >= 11 is 5.72. The lowest BCUT2D eigenvalue weighted by atomic mass is 9.96. The molecule has 3 aromatic rings. The molecule has 1 aliphatic rings. The summed E-state index contributed by atoms with van der Waals surface area (Å²) in [6, 6.07) is 12.7. The Kier molecular flexibility index (Phi) is 4.89. The molecule has 1 aliphatic heterocycles. The van der Waals surface area contributed by atoms with Gasteiger partial charge >= 0.3 is 0 Å². The van der Waals surface area contributed by atoms with E-state index in [1.165, 1.54) is 17.0 Å². The molecule has 0 radical (unpaired) electrons. The highest BCUT2D eigenvalue weighted by molar-refractivity contribution is 7.80. The zero-order valence-corrected chi connectivity index (χ0v) is 17.4. The predicted octanol–water partition coefficient (Wildman–Crippen LogP) is 4.27. The molecular formula is C22H25N5S. The van der Waals surface area contributed by atoms with Gasteiger partial charge in [-0.1, -0.05) is 6.07 Å². The minimum absolute atomic E-state index is 0.0129. The van der Waals surface area contributed by atoms with Crippen molar-refractivity contribution in [1.82, 2.24) is 24.8 Å². The first-order valence-electron chi connectivity index (χ1n) is 9.58. The average molecular weight is 392 g/mol. The Bertz CT molecular complexity index is 981. The van der Waals surface area contributed by atoms with Crippen molar-refractivity contribution in [2.24, 2.45) is 0 Å². The van der Waals surface area contributed by atoms with Crippen LogP contribution in [0.5, 0.6) is 0 Å². The van der Waals surface area contributed by atoms with Gasteiger partial charge < -0.3 is 14.8 Å². The van der Waals surface area contributed by atoms with E-state index in [1.54, 1.807) is 6.20 Å². The zero-order valence-electron chi connectivity index (χ0n) is 16.6. The number of thiocarbonyl (C=S) groups is 1. The van der Waals surface area contributed by atoms with Gasteiger partial charge in [0.05, 0.1) is 29.7 Å². The number of pyridine rings is 2. The van der Waals surface area contributed by atoms with Crippen LogP contribution in [0.15, 0.2) is 55.0 Å². The van der Waals surface area contributed by atoms with Crippen molar-refractivity contribution in [1.29, 1.82) is 0 Å². The van der Waals surface area contributed by atoms with Crippen LogP contribution in [0.4, 0.5) is 0 Å². The third-order valence-electron chi connectivity index (χ3n) is 5.38. The second-order valence-electron chi connectivity index (χ2n) is 7.50. The molecule has 2 atom stereocenters. The first-order chi connectivity index (χ1) is 13.5. The van der Waals surface area contributed by atoms with Gasteiger partial charge in [-0.15, -0.1) is 0 Å². The second kappa shape index (κ2) is 7.36. The number of nitrogens with zero attached hydrogens (tertiary/aromatic N) is 4. The Morgan fingerprint density at radius 3 is 2.57 bits per heavy atom. The zero-order chi connectivity index (χ0) is 19.8. The minimum atomic E-state index is 0.0129. The fourth-order valence-corrected chi connectivity index (χ4v) is 4.68. The molecular weight excluding hydrogens is 366 g/mol. The quantitative estimate of drug-likeness (QED) is 0.673. The molecule has 1 saturated heterocycles. The van der Waals surface area contributed by atoms with Gasteiger partial charge in [-0.25, -0.2) is 0 Å². The van der Waals surface area contributed by atoms with Gasteiger partial charge in [0.15, 0.2) is 5.11 Å². The average Bonchev–Trinajstić information content (AvgIpc) is 3.19. The predicted molar refractivity (Wildman–Crippen MR) is 115 cm³/mol. The Morgan fingerprint density at radius 2 is 1.93 bits per heavy atom. The molecule has 0 bridgehead atoms. The van der Waals surface area contributed by atoms with Crippen molar-refractivity contribution in [2.75, 3.05) is 0 Å². The maximum absolute atomic E-state index is 5.72. The first-order valence-corrected chi connectivity index (χ1v) is 9.99. The molecule has 0 saturated carbocycles. The van der Waals surface area contributed by atoms with Crippen molar-refractivity contribution in [3.63, 3.8) is 0 Å². The number of nitrogens with one attached hydrogen (secondary N) is 1. The highest BCUT2D eigenvalue weighted by Gasteiger charge is 2.42. The van der Waals surface area contributed by atoms with Crippen LogP contribution < -0.4 is 5.32 Å². The molecule has 4 rings (SSSR count). The number of hydrogen-bond donors (Lipinski definition) is 1. The van der Waals surface area contributed by atoms with Crippen molar-refractivity contribution in [3.05, 3.63) is 77.6 Å². The van der Waals surface area contributed by atoms with E-state index in [2.05, 4.69) is 70.6 Å². The standard InChI is InChI=1S/C22H25N5S/c1-14(2)26-21(20(25-22(26)28)19-9-5-6-11-24-19)18-12-15(3)27(16(18)4)17-8-7-10-23-13-17/h5-14,20-21H,1-4H3,(H,25,28)/t20-,21-/m0/s1. The van der Waals surface area contributed by atoms with E-state index in [4.69, 9.17) is 12.2 Å². The van der Waals surface area contributed by atoms with Crippen LogP contribution in [-0.2, 0) is 0 Å². The molecule has 0 aromatic carbocycles. The van der Waals surface area contributed by atoms with Gasteiger partial charge in [0.25, 0.3) is 0 Å². The number of aryl methyl sites for hydroxylation is 1. The summed E-state index contributed by atoms with van der Waals surface area (Å²) in [5, 5.41) is 4.30. The Hall–Kier alpha value is -2.73. The van der Waals surface area contributed by atoms with Crippen LogP contribution in [0, 0.1) is 13.8 Å². The molecule has 4 heterocycles. The summed E-state index contributed by atoms with van der Waals surface area (Å²) in [4.78, 5) is 11.2. The monoisotopic (exact) mass is 391 g/mol. The fourth-order valence-electron chi connectivity index (χ4n) is 4.22. The molecule has 6 heteroatoms. The Labute approximate surface area is 171 Å². The second-order valence-corrected chi connectivity index (χ2v) is 7.89. The van der Waals surface area contributed by atoms with Crippen LogP contribution in [0.2, 0.25) is 0 Å². The van der Waals surface area contributed by atoms with E-state index in [0.717, 1.165) is 16.5 Å². The molecule has 28 heavy (non-hydrogen) atoms. The maximum Gasteiger partial charge on any atom is 0.170 e. The summed E-state index contributed by atoms with van der Waals surface area (Å²) in [5.74, 6) is 0. The van der Waals surface area contributed by atoms with Gasteiger partial charge in [-0.05, 0) is 75.8 Å². The Balaban J connectivity index is 1.86. The van der Waals surface area contributed by atoms with E-state index < -0.39 is 0 Å². The molecule has 1 N–H and O–H groups in total. The molecule has 144 valence electrons. The maximum atomic E-state index is 5.72. The van der Waals surface area contributed by atoms with Crippen molar-refractivity contribution < 1.29 is 0 Å². The SMILES string of the molecule is Cc1cc([C@H]2[C@H](c3ccccn3)NC(=S)N2C(C)C)c(C)n1-c1cccnc1. The fraction of sp³-hybridized carbons (Fsp3) is 0.318. The summed E-state index contributed by atoms with van der Waals surface area (Å²) in [7, 11) is 0. The molecule has 1 fully saturated rings. The van der Waals surface area contributed by atoms with Crippen LogP contribution in [0.1, 0.15) is 48.6 Å². The third-order valence-corrected chi connectivity index (χ3v) is 5.71. The summed E-state index contributed by atoms with van der Waals surface area (Å²) in [5.41, 5.74) is 5.72. The van der Waals surface area contributed by atoms with Crippen LogP contribution in [-0.4, -0.2) is 30.6 Å². The summed E-state index contributed by atoms with van der Waals surface area (Å²) in [6.07, 6.45) is 5.54. The van der Waals surface area contributed by atoms with E-state index in [9.17, 15) is 0 Å². The molecule has 0 spiro atoms. The van der Waals surface area contributed by atoms with Crippen LogP contribution >= 0.6 is 12.2 Å². The van der Waals surface area contributed by atoms with Crippen LogP contribution in [0.25, 0.3) is 5.69 Å². The summed E-state index contributed by atoms with van der Waals surface area (Å²) in [6.45, 7) is 8.68. The first kappa shape index (κ1) is 18.6. The lowest BCUT2D eigenvalue weighted by Crippen LogP contribution is -2.35. The molecule has 0 aliphatic carbocycles. The molecule has 5 nitrogen and oxygen atoms in total. The van der Waals surface area contributed by atoms with Crippen molar-refractivity contribution in [2.45, 2.75) is 45.8 Å². The molecule has 0 amide bonds. The van der Waals surface area contributed by atoms with Gasteiger partial charge in [0.2, 0.25) is 0 Å². The van der Waals surface area contributed by atoms with Crippen molar-refractivity contribution >= 4 is 17.3 Å². The minimum Gasteiger partial charge on any atom is -0.352 e. The summed E-state index contributed by atoms with van der Waals surface area (Å²) < 4.78 is 2.26. The van der Waals surface area contributed by atoms with Crippen molar-refractivity contribution in [3.8, 4) is 5.69 Å². The van der Waals surface area contributed by atoms with Gasteiger partial charge in [0.1, 0.15) is 0 Å². The normalized spacial score (nSPS) is 19.3. The van der Waals surface area contributed by atoms with E-state index in [0.29, 0.717) is 0 Å². The van der Waals surface area contributed by atoms with Gasteiger partial charge in [-0.3, -0.25) is 9.97 Å². The van der Waals surface area contributed by atoms with Crippen LogP contribution in [0.3, 0.4) is 0 Å². The largest absolute Gasteiger partial charge is 0.352 e. The van der Waals surface area contributed by atoms with E-state index >= 15 is 0 Å². The smallest absolute Gasteiger partial charge is 0.170 e. The van der Waals surface area contributed by atoms with E-state index in [1.807, 2.05) is 30.6 Å². The lowest BCUT2D eigenvalue weighted by Gasteiger charge is -2.31. The number of aromatic nitrogens is 3. The lowest BCUT2D eigenvalue weighted by molar-refractivity contribution is 0.269. The molecule has 0 unspecified atom stereocenters. The Morgan fingerprint density at radius 1 is 1.11 bits per heavy atom. The highest BCUT2D eigenvalue weighted by atomic mass is 32.1. The third kappa shape index (κ3) is 3.07. The van der Waals surface area contributed by atoms with Gasteiger partial charge in [0, 0.05) is 29.8 Å².